The van der Waals surface area contributed by atoms with Crippen molar-refractivity contribution < 1.29 is 13.6 Å². The van der Waals surface area contributed by atoms with Crippen molar-refractivity contribution in [3.63, 3.8) is 0 Å². The Labute approximate surface area is 145 Å². The van der Waals surface area contributed by atoms with E-state index in [1.165, 1.54) is 11.0 Å². The molecule has 0 saturated heterocycles. The van der Waals surface area contributed by atoms with Crippen LogP contribution in [0.15, 0.2) is 24.3 Å². The molecule has 0 radical (unpaired) electrons. The van der Waals surface area contributed by atoms with Crippen molar-refractivity contribution in [2.24, 2.45) is 0 Å². The molecule has 3 rings (SSSR count). The lowest BCUT2D eigenvalue weighted by Crippen LogP contribution is -2.40. The summed E-state index contributed by atoms with van der Waals surface area (Å²) in [6.07, 6.45) is 0.591. The lowest BCUT2D eigenvalue weighted by molar-refractivity contribution is -0.120. The Morgan fingerprint density at radius 1 is 1.24 bits per heavy atom. The SMILES string of the molecule is CCNc1cc(C)c2c(n1)C(CC)C(=O)N(c1ccc(F)c(F)c1)C2. The third-order valence-corrected chi connectivity index (χ3v) is 4.57. The number of rotatable bonds is 4. The first-order chi connectivity index (χ1) is 12.0. The van der Waals surface area contributed by atoms with Gasteiger partial charge in [-0.1, -0.05) is 6.92 Å². The van der Waals surface area contributed by atoms with Crippen molar-refractivity contribution in [1.82, 2.24) is 4.98 Å². The van der Waals surface area contributed by atoms with Crippen LogP contribution in [-0.4, -0.2) is 17.4 Å². The lowest BCUT2D eigenvalue weighted by atomic mass is 9.89. The van der Waals surface area contributed by atoms with Gasteiger partial charge < -0.3 is 10.2 Å². The molecule has 1 aromatic heterocycles. The molecule has 2 aromatic rings. The molecule has 0 saturated carbocycles. The van der Waals surface area contributed by atoms with E-state index in [4.69, 9.17) is 0 Å². The van der Waals surface area contributed by atoms with Crippen LogP contribution in [0.1, 0.15) is 43.0 Å². The van der Waals surface area contributed by atoms with Gasteiger partial charge in [-0.25, -0.2) is 13.8 Å². The number of aryl methyl sites for hydroxylation is 1. The molecule has 0 aliphatic carbocycles. The first kappa shape index (κ1) is 17.3. The van der Waals surface area contributed by atoms with Crippen molar-refractivity contribution >= 4 is 17.4 Å². The summed E-state index contributed by atoms with van der Waals surface area (Å²) in [6.45, 7) is 6.95. The highest BCUT2D eigenvalue weighted by Gasteiger charge is 2.35. The highest BCUT2D eigenvalue weighted by atomic mass is 19.2. The van der Waals surface area contributed by atoms with Crippen molar-refractivity contribution in [2.75, 3.05) is 16.8 Å². The molecule has 2 heterocycles. The molecule has 0 fully saturated rings. The molecule has 1 unspecified atom stereocenters. The number of aromatic nitrogens is 1. The number of hydrogen-bond donors (Lipinski definition) is 1. The molecule has 1 aliphatic heterocycles. The summed E-state index contributed by atoms with van der Waals surface area (Å²) in [5.74, 6) is -1.66. The fraction of sp³-hybridized carbons (Fsp3) is 0.368. The molecule has 6 heteroatoms. The fourth-order valence-corrected chi connectivity index (χ4v) is 3.27. The molecular weight excluding hydrogens is 324 g/mol. The van der Waals surface area contributed by atoms with Crippen LogP contribution in [0.2, 0.25) is 0 Å². The van der Waals surface area contributed by atoms with Gasteiger partial charge in [-0.2, -0.15) is 0 Å². The largest absolute Gasteiger partial charge is 0.370 e. The topological polar surface area (TPSA) is 45.2 Å². The minimum atomic E-state index is -0.957. The number of amides is 1. The second kappa shape index (κ2) is 6.78. The highest BCUT2D eigenvalue weighted by molar-refractivity contribution is 5.99. The number of carbonyl (C=O) groups is 1. The number of hydrogen-bond acceptors (Lipinski definition) is 3. The van der Waals surface area contributed by atoms with Gasteiger partial charge in [-0.05, 0) is 49.6 Å². The first-order valence-corrected chi connectivity index (χ1v) is 8.47. The van der Waals surface area contributed by atoms with Gasteiger partial charge in [-0.15, -0.1) is 0 Å². The molecule has 0 spiro atoms. The molecule has 1 aromatic carbocycles. The molecule has 1 atom stereocenters. The molecule has 4 nitrogen and oxygen atoms in total. The summed E-state index contributed by atoms with van der Waals surface area (Å²) in [5, 5.41) is 3.19. The van der Waals surface area contributed by atoms with E-state index in [-0.39, 0.29) is 5.91 Å². The second-order valence-corrected chi connectivity index (χ2v) is 6.20. The third kappa shape index (κ3) is 3.08. The Morgan fingerprint density at radius 3 is 2.64 bits per heavy atom. The van der Waals surface area contributed by atoms with Crippen LogP contribution in [0.5, 0.6) is 0 Å². The Kier molecular flexibility index (Phi) is 4.70. The maximum absolute atomic E-state index is 13.6. The number of carbonyl (C=O) groups excluding carboxylic acids is 1. The Hall–Kier alpha value is -2.50. The average Bonchev–Trinajstić information content (AvgIpc) is 2.57. The van der Waals surface area contributed by atoms with E-state index in [1.54, 1.807) is 0 Å². The van der Waals surface area contributed by atoms with Gasteiger partial charge in [-0.3, -0.25) is 4.79 Å². The number of anilines is 2. The fourth-order valence-electron chi connectivity index (χ4n) is 3.27. The number of fused-ring (bicyclic) bond motifs is 1. The van der Waals surface area contributed by atoms with Gasteiger partial charge in [0.2, 0.25) is 5.91 Å². The van der Waals surface area contributed by atoms with Crippen LogP contribution >= 0.6 is 0 Å². The Balaban J connectivity index is 2.07. The Bertz CT molecular complexity index is 823. The maximum atomic E-state index is 13.6. The molecule has 1 aliphatic rings. The smallest absolute Gasteiger partial charge is 0.236 e. The van der Waals surface area contributed by atoms with Crippen LogP contribution in [-0.2, 0) is 11.3 Å². The van der Waals surface area contributed by atoms with Crippen LogP contribution in [0.4, 0.5) is 20.3 Å². The summed E-state index contributed by atoms with van der Waals surface area (Å²) in [7, 11) is 0. The zero-order chi connectivity index (χ0) is 18.1. The van der Waals surface area contributed by atoms with Crippen molar-refractivity contribution in [2.45, 2.75) is 39.7 Å². The molecular formula is C19H21F2N3O. The molecule has 25 heavy (non-hydrogen) atoms. The monoisotopic (exact) mass is 345 g/mol. The standard InChI is InChI=1S/C19H21F2N3O/c1-4-13-18-14(11(3)8-17(23-18)22-5-2)10-24(19(13)25)12-6-7-15(20)16(21)9-12/h6-9,13H,4-5,10H2,1-3H3,(H,22,23). The molecule has 1 amide bonds. The van der Waals surface area contributed by atoms with Gasteiger partial charge in [0, 0.05) is 18.3 Å². The van der Waals surface area contributed by atoms with E-state index in [1.807, 2.05) is 26.8 Å². The third-order valence-electron chi connectivity index (χ3n) is 4.57. The van der Waals surface area contributed by atoms with Crippen molar-refractivity contribution in [3.05, 3.63) is 52.7 Å². The minimum absolute atomic E-state index is 0.137. The molecule has 1 N–H and O–H groups in total. The van der Waals surface area contributed by atoms with Crippen molar-refractivity contribution in [3.8, 4) is 0 Å². The summed E-state index contributed by atoms with van der Waals surface area (Å²) >= 11 is 0. The van der Waals surface area contributed by atoms with Gasteiger partial charge in [0.25, 0.3) is 0 Å². The number of nitrogens with one attached hydrogen (secondary N) is 1. The summed E-state index contributed by atoms with van der Waals surface area (Å²) in [5.41, 5.74) is 3.14. The van der Waals surface area contributed by atoms with Gasteiger partial charge in [0.1, 0.15) is 5.82 Å². The Morgan fingerprint density at radius 2 is 2.00 bits per heavy atom. The number of benzene rings is 1. The van der Waals surface area contributed by atoms with E-state index in [9.17, 15) is 13.6 Å². The van der Waals surface area contributed by atoms with E-state index >= 15 is 0 Å². The number of halogens is 2. The maximum Gasteiger partial charge on any atom is 0.236 e. The summed E-state index contributed by atoms with van der Waals surface area (Å²) in [4.78, 5) is 19.1. The average molecular weight is 345 g/mol. The summed E-state index contributed by atoms with van der Waals surface area (Å²) in [6, 6.07) is 5.51. The predicted octanol–water partition coefficient (Wildman–Crippen LogP) is 4.14. The normalized spacial score (nSPS) is 16.8. The molecule has 132 valence electrons. The minimum Gasteiger partial charge on any atom is -0.370 e. The van der Waals surface area contributed by atoms with Gasteiger partial charge in [0.15, 0.2) is 11.6 Å². The van der Waals surface area contributed by atoms with Crippen molar-refractivity contribution in [1.29, 1.82) is 0 Å². The van der Waals surface area contributed by atoms with E-state index in [2.05, 4.69) is 10.3 Å². The zero-order valence-electron chi connectivity index (χ0n) is 14.6. The predicted molar refractivity (Wildman–Crippen MR) is 93.7 cm³/mol. The second-order valence-electron chi connectivity index (χ2n) is 6.20. The van der Waals surface area contributed by atoms with E-state index in [0.717, 1.165) is 41.3 Å². The van der Waals surface area contributed by atoms with E-state index < -0.39 is 17.6 Å². The summed E-state index contributed by atoms with van der Waals surface area (Å²) < 4.78 is 26.9. The molecule has 0 bridgehead atoms. The number of pyridine rings is 1. The zero-order valence-corrected chi connectivity index (χ0v) is 14.6. The van der Waals surface area contributed by atoms with Crippen LogP contribution in [0, 0.1) is 18.6 Å². The first-order valence-electron chi connectivity index (χ1n) is 8.47. The highest BCUT2D eigenvalue weighted by Crippen LogP contribution is 2.36. The van der Waals surface area contributed by atoms with Gasteiger partial charge in [0.05, 0.1) is 18.2 Å². The quantitative estimate of drug-likeness (QED) is 0.906. The van der Waals surface area contributed by atoms with Gasteiger partial charge >= 0.3 is 0 Å². The van der Waals surface area contributed by atoms with E-state index in [0.29, 0.717) is 18.7 Å². The number of nitrogens with zero attached hydrogens (tertiary/aromatic N) is 2. The lowest BCUT2D eigenvalue weighted by Gasteiger charge is -2.34. The van der Waals surface area contributed by atoms with Crippen LogP contribution < -0.4 is 10.2 Å². The van der Waals surface area contributed by atoms with Crippen LogP contribution in [0.3, 0.4) is 0 Å². The van der Waals surface area contributed by atoms with Crippen LogP contribution in [0.25, 0.3) is 0 Å².